The van der Waals surface area contributed by atoms with Crippen LogP contribution in [0.25, 0.3) is 5.52 Å². The van der Waals surface area contributed by atoms with E-state index in [2.05, 4.69) is 34.6 Å². The number of fused-ring (bicyclic) bond motifs is 1. The van der Waals surface area contributed by atoms with Crippen molar-refractivity contribution in [3.05, 3.63) is 35.9 Å². The van der Waals surface area contributed by atoms with Crippen LogP contribution in [0.3, 0.4) is 0 Å². The zero-order valence-electron chi connectivity index (χ0n) is 9.27. The summed E-state index contributed by atoms with van der Waals surface area (Å²) in [6, 6.07) is 4.49. The monoisotopic (exact) mass is 203 g/mol. The maximum absolute atomic E-state index is 5.78. The van der Waals surface area contributed by atoms with Gasteiger partial charge in [-0.1, -0.05) is 6.92 Å². The van der Waals surface area contributed by atoms with Gasteiger partial charge in [0.05, 0.1) is 11.7 Å². The summed E-state index contributed by atoms with van der Waals surface area (Å²) in [7, 11) is 0. The number of nitrogens with zero attached hydrogens (tertiary/aromatic N) is 2. The highest BCUT2D eigenvalue weighted by Crippen LogP contribution is 2.11. The Morgan fingerprint density at radius 3 is 3.00 bits per heavy atom. The van der Waals surface area contributed by atoms with Crippen LogP contribution in [0.4, 0.5) is 0 Å². The molecule has 0 aliphatic heterocycles. The zero-order chi connectivity index (χ0) is 10.8. The summed E-state index contributed by atoms with van der Waals surface area (Å²) >= 11 is 0. The topological polar surface area (TPSA) is 43.3 Å². The van der Waals surface area contributed by atoms with E-state index in [4.69, 9.17) is 5.73 Å². The second kappa shape index (κ2) is 4.03. The second-order valence-corrected chi connectivity index (χ2v) is 4.04. The maximum Gasteiger partial charge on any atom is 0.112 e. The van der Waals surface area contributed by atoms with Crippen molar-refractivity contribution in [3.63, 3.8) is 0 Å². The number of rotatable bonds is 3. The summed E-state index contributed by atoms with van der Waals surface area (Å²) in [4.78, 5) is 4.37. The highest BCUT2D eigenvalue weighted by atomic mass is 15.0. The lowest BCUT2D eigenvalue weighted by Gasteiger charge is -2.06. The molecule has 0 bridgehead atoms. The summed E-state index contributed by atoms with van der Waals surface area (Å²) in [6.45, 7) is 4.14. The van der Waals surface area contributed by atoms with E-state index in [0.717, 1.165) is 24.2 Å². The van der Waals surface area contributed by atoms with Crippen molar-refractivity contribution in [2.24, 2.45) is 5.73 Å². The lowest BCUT2D eigenvalue weighted by molar-refractivity contribution is 0.737. The van der Waals surface area contributed by atoms with Crippen LogP contribution in [0.15, 0.2) is 24.5 Å². The predicted molar refractivity (Wildman–Crippen MR) is 61.9 cm³/mol. The lowest BCUT2D eigenvalue weighted by Crippen LogP contribution is -2.17. The van der Waals surface area contributed by atoms with Gasteiger partial charge in [0, 0.05) is 18.7 Å². The molecule has 0 aliphatic carbocycles. The molecule has 0 spiro atoms. The molecule has 0 saturated heterocycles. The van der Waals surface area contributed by atoms with Crippen LogP contribution >= 0.6 is 0 Å². The molecule has 3 nitrogen and oxygen atoms in total. The molecule has 80 valence electrons. The molecule has 0 fully saturated rings. The largest absolute Gasteiger partial charge is 0.328 e. The Morgan fingerprint density at radius 1 is 1.53 bits per heavy atom. The standard InChI is InChI=1S/C12H17N3/c1-3-12-14-8-11-7-10(6-9(2)13)4-5-15(11)12/h4-5,7-9H,3,6,13H2,1-2H3. The highest BCUT2D eigenvalue weighted by molar-refractivity contribution is 5.48. The van der Waals surface area contributed by atoms with Crippen LogP contribution < -0.4 is 5.73 Å². The molecule has 0 radical (unpaired) electrons. The fourth-order valence-corrected chi connectivity index (χ4v) is 1.86. The fraction of sp³-hybridized carbons (Fsp3) is 0.417. The molecule has 1 unspecified atom stereocenters. The molecule has 2 heterocycles. The van der Waals surface area contributed by atoms with Gasteiger partial charge >= 0.3 is 0 Å². The molecule has 0 saturated carbocycles. The molecule has 2 aromatic heterocycles. The van der Waals surface area contributed by atoms with Crippen LogP contribution in [0.5, 0.6) is 0 Å². The van der Waals surface area contributed by atoms with Crippen molar-refractivity contribution in [1.82, 2.24) is 9.38 Å². The van der Waals surface area contributed by atoms with Gasteiger partial charge in [0.2, 0.25) is 0 Å². The lowest BCUT2D eigenvalue weighted by atomic mass is 10.1. The molecule has 2 rings (SSSR count). The molecular weight excluding hydrogens is 186 g/mol. The minimum atomic E-state index is 0.209. The van der Waals surface area contributed by atoms with Crippen molar-refractivity contribution in [2.75, 3.05) is 0 Å². The van der Waals surface area contributed by atoms with Crippen LogP contribution in [-0.4, -0.2) is 15.4 Å². The van der Waals surface area contributed by atoms with Gasteiger partial charge in [0.25, 0.3) is 0 Å². The molecule has 1 atom stereocenters. The minimum absolute atomic E-state index is 0.209. The Hall–Kier alpha value is -1.35. The van der Waals surface area contributed by atoms with Crippen LogP contribution in [0.2, 0.25) is 0 Å². The normalized spacial score (nSPS) is 13.3. The fourth-order valence-electron chi connectivity index (χ4n) is 1.86. The number of pyridine rings is 1. The molecule has 0 aromatic carbocycles. The highest BCUT2D eigenvalue weighted by Gasteiger charge is 2.03. The SMILES string of the molecule is CCc1ncc2cc(CC(C)N)ccn12. The quantitative estimate of drug-likeness (QED) is 0.826. The van der Waals surface area contributed by atoms with Crippen molar-refractivity contribution in [3.8, 4) is 0 Å². The van der Waals surface area contributed by atoms with Gasteiger partial charge in [-0.25, -0.2) is 4.98 Å². The second-order valence-electron chi connectivity index (χ2n) is 4.04. The Balaban J connectivity index is 2.39. The van der Waals surface area contributed by atoms with Crippen LogP contribution in [-0.2, 0) is 12.8 Å². The van der Waals surface area contributed by atoms with Gasteiger partial charge in [-0.05, 0) is 31.0 Å². The van der Waals surface area contributed by atoms with Gasteiger partial charge < -0.3 is 10.1 Å². The van der Waals surface area contributed by atoms with Gasteiger partial charge in [0.1, 0.15) is 5.82 Å². The van der Waals surface area contributed by atoms with E-state index in [9.17, 15) is 0 Å². The Kier molecular flexibility index (Phi) is 2.73. The minimum Gasteiger partial charge on any atom is -0.328 e. The summed E-state index contributed by atoms with van der Waals surface area (Å²) in [5, 5.41) is 0. The molecule has 2 N–H and O–H groups in total. The van der Waals surface area contributed by atoms with Crippen molar-refractivity contribution in [2.45, 2.75) is 32.7 Å². The van der Waals surface area contributed by atoms with E-state index in [-0.39, 0.29) is 6.04 Å². The first kappa shape index (κ1) is 10.2. The van der Waals surface area contributed by atoms with Crippen molar-refractivity contribution >= 4 is 5.52 Å². The average Bonchev–Trinajstić information content (AvgIpc) is 2.58. The summed E-state index contributed by atoms with van der Waals surface area (Å²) in [5.74, 6) is 1.11. The van der Waals surface area contributed by atoms with E-state index in [1.54, 1.807) is 0 Å². The first-order valence-corrected chi connectivity index (χ1v) is 5.41. The van der Waals surface area contributed by atoms with Gasteiger partial charge in [0.15, 0.2) is 0 Å². The van der Waals surface area contributed by atoms with E-state index in [0.29, 0.717) is 0 Å². The third kappa shape index (κ3) is 2.02. The van der Waals surface area contributed by atoms with Gasteiger partial charge in [-0.2, -0.15) is 0 Å². The molecule has 15 heavy (non-hydrogen) atoms. The number of aromatic nitrogens is 2. The van der Waals surface area contributed by atoms with Crippen LogP contribution in [0.1, 0.15) is 25.2 Å². The molecule has 2 aromatic rings. The molecule has 0 aliphatic rings. The number of imidazole rings is 1. The van der Waals surface area contributed by atoms with Crippen molar-refractivity contribution < 1.29 is 0 Å². The van der Waals surface area contributed by atoms with Gasteiger partial charge in [-0.15, -0.1) is 0 Å². The third-order valence-electron chi connectivity index (χ3n) is 2.55. The van der Waals surface area contributed by atoms with Gasteiger partial charge in [-0.3, -0.25) is 0 Å². The van der Waals surface area contributed by atoms with E-state index in [1.165, 1.54) is 5.56 Å². The van der Waals surface area contributed by atoms with E-state index >= 15 is 0 Å². The zero-order valence-corrected chi connectivity index (χ0v) is 9.27. The Morgan fingerprint density at radius 2 is 2.33 bits per heavy atom. The third-order valence-corrected chi connectivity index (χ3v) is 2.55. The van der Waals surface area contributed by atoms with Crippen molar-refractivity contribution in [1.29, 1.82) is 0 Å². The van der Waals surface area contributed by atoms with Crippen LogP contribution in [0, 0.1) is 0 Å². The number of nitrogens with two attached hydrogens (primary N) is 1. The first-order chi connectivity index (χ1) is 7.20. The molecule has 3 heteroatoms. The molecule has 0 amide bonds. The number of hydrogen-bond acceptors (Lipinski definition) is 2. The average molecular weight is 203 g/mol. The Labute approximate surface area is 89.9 Å². The molecular formula is C12H17N3. The number of hydrogen-bond donors (Lipinski definition) is 1. The van der Waals surface area contributed by atoms with E-state index in [1.807, 2.05) is 13.1 Å². The number of aryl methyl sites for hydroxylation is 1. The Bertz CT molecular complexity index is 457. The van der Waals surface area contributed by atoms with E-state index < -0.39 is 0 Å². The first-order valence-electron chi connectivity index (χ1n) is 5.41. The smallest absolute Gasteiger partial charge is 0.112 e. The summed E-state index contributed by atoms with van der Waals surface area (Å²) < 4.78 is 2.13. The maximum atomic E-state index is 5.78. The summed E-state index contributed by atoms with van der Waals surface area (Å²) in [6.07, 6.45) is 5.88. The summed E-state index contributed by atoms with van der Waals surface area (Å²) in [5.41, 5.74) is 8.21. The predicted octanol–water partition coefficient (Wildman–Crippen LogP) is 1.79.